The second-order valence-corrected chi connectivity index (χ2v) is 7.20. The van der Waals surface area contributed by atoms with E-state index in [1.165, 1.54) is 16.6 Å². The Labute approximate surface area is 110 Å². The third kappa shape index (κ3) is 2.59. The minimum absolute atomic E-state index is 0.00461. The second-order valence-electron chi connectivity index (χ2n) is 3.83. The largest absolute Gasteiger partial charge is 0.246 e. The van der Waals surface area contributed by atoms with Gasteiger partial charge in [-0.2, -0.15) is 16.1 Å². The van der Waals surface area contributed by atoms with E-state index in [1.807, 2.05) is 6.92 Å². The molecule has 1 fully saturated rings. The van der Waals surface area contributed by atoms with E-state index in [0.29, 0.717) is 6.54 Å². The van der Waals surface area contributed by atoms with Crippen LogP contribution in [0.15, 0.2) is 23.2 Å². The van der Waals surface area contributed by atoms with Gasteiger partial charge in [0.2, 0.25) is 10.0 Å². The summed E-state index contributed by atoms with van der Waals surface area (Å²) in [5.41, 5.74) is 0. The number of halogens is 1. The van der Waals surface area contributed by atoms with Gasteiger partial charge in [0.05, 0.1) is 0 Å². The van der Waals surface area contributed by atoms with Crippen molar-refractivity contribution in [1.82, 2.24) is 9.29 Å². The van der Waals surface area contributed by atoms with Gasteiger partial charge in [-0.15, -0.1) is 0 Å². The number of hydrogen-bond acceptors (Lipinski definition) is 4. The van der Waals surface area contributed by atoms with Crippen molar-refractivity contribution in [2.24, 2.45) is 0 Å². The molecule has 1 saturated heterocycles. The van der Waals surface area contributed by atoms with Crippen LogP contribution in [0.4, 0.5) is 0 Å². The average Bonchev–Trinajstić information content (AvgIpc) is 2.29. The number of rotatable bonds is 2. The van der Waals surface area contributed by atoms with Crippen molar-refractivity contribution in [2.75, 3.05) is 18.1 Å². The predicted molar refractivity (Wildman–Crippen MR) is 69.9 cm³/mol. The summed E-state index contributed by atoms with van der Waals surface area (Å²) < 4.78 is 26.3. The molecule has 7 heteroatoms. The molecule has 1 aliphatic rings. The van der Waals surface area contributed by atoms with Crippen LogP contribution in [0.1, 0.15) is 6.92 Å². The zero-order valence-electron chi connectivity index (χ0n) is 9.34. The summed E-state index contributed by atoms with van der Waals surface area (Å²) in [5, 5.41) is 0.0397. The molecule has 0 spiro atoms. The van der Waals surface area contributed by atoms with Gasteiger partial charge in [-0.05, 0) is 19.1 Å². The highest BCUT2D eigenvalue weighted by Crippen LogP contribution is 2.27. The molecule has 94 valence electrons. The van der Waals surface area contributed by atoms with E-state index < -0.39 is 10.0 Å². The Balaban J connectivity index is 2.39. The highest BCUT2D eigenvalue weighted by molar-refractivity contribution is 7.99. The molecule has 1 aromatic heterocycles. The van der Waals surface area contributed by atoms with Crippen molar-refractivity contribution >= 4 is 33.4 Å². The second kappa shape index (κ2) is 5.14. The van der Waals surface area contributed by atoms with Crippen LogP contribution < -0.4 is 0 Å². The molecule has 1 atom stereocenters. The van der Waals surface area contributed by atoms with Crippen molar-refractivity contribution in [3.05, 3.63) is 23.5 Å². The van der Waals surface area contributed by atoms with Crippen LogP contribution in [0.3, 0.4) is 0 Å². The summed E-state index contributed by atoms with van der Waals surface area (Å²) in [5.74, 6) is 1.64. The molecule has 2 heterocycles. The molecule has 1 aromatic rings. The normalized spacial score (nSPS) is 22.6. The Hall–Kier alpha value is -0.300. The molecular weight excluding hydrogens is 280 g/mol. The van der Waals surface area contributed by atoms with Gasteiger partial charge < -0.3 is 0 Å². The summed E-state index contributed by atoms with van der Waals surface area (Å²) in [4.78, 5) is 3.92. The van der Waals surface area contributed by atoms with E-state index in [1.54, 1.807) is 17.8 Å². The van der Waals surface area contributed by atoms with E-state index >= 15 is 0 Å². The monoisotopic (exact) mass is 292 g/mol. The van der Waals surface area contributed by atoms with Gasteiger partial charge in [0.15, 0.2) is 0 Å². The molecule has 0 aliphatic carbocycles. The van der Waals surface area contributed by atoms with Crippen LogP contribution in [0, 0.1) is 0 Å². The maximum atomic E-state index is 12.4. The SMILES string of the molecule is CC1CSCCN1S(=O)(=O)c1cccnc1Cl. The van der Waals surface area contributed by atoms with E-state index in [2.05, 4.69) is 4.98 Å². The first-order chi connectivity index (χ1) is 8.03. The van der Waals surface area contributed by atoms with Gasteiger partial charge in [-0.1, -0.05) is 11.6 Å². The van der Waals surface area contributed by atoms with Crippen LogP contribution in [-0.4, -0.2) is 41.8 Å². The lowest BCUT2D eigenvalue weighted by molar-refractivity contribution is 0.367. The number of sulfonamides is 1. The highest BCUT2D eigenvalue weighted by atomic mass is 35.5. The first-order valence-electron chi connectivity index (χ1n) is 5.23. The molecule has 0 aromatic carbocycles. The molecule has 0 bridgehead atoms. The number of aromatic nitrogens is 1. The molecule has 0 radical (unpaired) electrons. The Morgan fingerprint density at radius 2 is 2.35 bits per heavy atom. The Bertz CT molecular complexity index is 507. The van der Waals surface area contributed by atoms with Gasteiger partial charge >= 0.3 is 0 Å². The summed E-state index contributed by atoms with van der Waals surface area (Å²) >= 11 is 7.62. The molecule has 0 saturated carbocycles. The van der Waals surface area contributed by atoms with Gasteiger partial charge in [-0.25, -0.2) is 13.4 Å². The zero-order valence-corrected chi connectivity index (χ0v) is 11.7. The number of hydrogen-bond donors (Lipinski definition) is 0. The fourth-order valence-electron chi connectivity index (χ4n) is 1.76. The van der Waals surface area contributed by atoms with Crippen molar-refractivity contribution < 1.29 is 8.42 Å². The number of thioether (sulfide) groups is 1. The van der Waals surface area contributed by atoms with Crippen molar-refractivity contribution in [3.8, 4) is 0 Å². The summed E-state index contributed by atoms with van der Waals surface area (Å²) in [6.07, 6.45) is 1.48. The maximum Gasteiger partial charge on any atom is 0.246 e. The summed E-state index contributed by atoms with van der Waals surface area (Å²) in [7, 11) is -3.52. The van der Waals surface area contributed by atoms with Crippen molar-refractivity contribution in [2.45, 2.75) is 17.9 Å². The molecular formula is C10H13ClN2O2S2. The summed E-state index contributed by atoms with van der Waals surface area (Å²) in [6.45, 7) is 2.44. The standard InChI is InChI=1S/C10H13ClN2O2S2/c1-8-7-16-6-5-13(8)17(14,15)9-3-2-4-12-10(9)11/h2-4,8H,5-7H2,1H3. The molecule has 2 rings (SSSR count). The van der Waals surface area contributed by atoms with Crippen LogP contribution in [-0.2, 0) is 10.0 Å². The smallest absolute Gasteiger partial charge is 0.243 e. The van der Waals surface area contributed by atoms with Gasteiger partial charge in [0, 0.05) is 30.3 Å². The van der Waals surface area contributed by atoms with Gasteiger partial charge in [-0.3, -0.25) is 0 Å². The zero-order chi connectivity index (χ0) is 12.5. The fourth-order valence-corrected chi connectivity index (χ4v) is 5.04. The van der Waals surface area contributed by atoms with E-state index in [0.717, 1.165) is 11.5 Å². The maximum absolute atomic E-state index is 12.4. The third-order valence-corrected chi connectivity index (χ3v) is 6.27. The van der Waals surface area contributed by atoms with Gasteiger partial charge in [0.1, 0.15) is 10.0 Å². The van der Waals surface area contributed by atoms with Crippen molar-refractivity contribution in [1.29, 1.82) is 0 Å². The Morgan fingerprint density at radius 1 is 1.59 bits per heavy atom. The van der Waals surface area contributed by atoms with Crippen LogP contribution in [0.25, 0.3) is 0 Å². The predicted octanol–water partition coefficient (Wildman–Crippen LogP) is 1.86. The van der Waals surface area contributed by atoms with Gasteiger partial charge in [0.25, 0.3) is 0 Å². The van der Waals surface area contributed by atoms with E-state index in [-0.39, 0.29) is 16.1 Å². The molecule has 0 amide bonds. The Kier molecular flexibility index (Phi) is 3.97. The van der Waals surface area contributed by atoms with Crippen LogP contribution in [0.5, 0.6) is 0 Å². The van der Waals surface area contributed by atoms with E-state index in [4.69, 9.17) is 11.6 Å². The minimum Gasteiger partial charge on any atom is -0.243 e. The average molecular weight is 293 g/mol. The van der Waals surface area contributed by atoms with Crippen LogP contribution >= 0.6 is 23.4 Å². The topological polar surface area (TPSA) is 50.3 Å². The van der Waals surface area contributed by atoms with Crippen LogP contribution in [0.2, 0.25) is 5.15 Å². The minimum atomic E-state index is -3.52. The molecule has 0 N–H and O–H groups in total. The molecule has 1 aliphatic heterocycles. The fraction of sp³-hybridized carbons (Fsp3) is 0.500. The lowest BCUT2D eigenvalue weighted by Crippen LogP contribution is -2.44. The first kappa shape index (κ1) is 13.1. The highest BCUT2D eigenvalue weighted by Gasteiger charge is 2.32. The lowest BCUT2D eigenvalue weighted by Gasteiger charge is -2.31. The molecule has 4 nitrogen and oxygen atoms in total. The number of nitrogens with zero attached hydrogens (tertiary/aromatic N) is 2. The molecule has 17 heavy (non-hydrogen) atoms. The lowest BCUT2D eigenvalue weighted by atomic mass is 10.4. The molecule has 1 unspecified atom stereocenters. The number of pyridine rings is 1. The Morgan fingerprint density at radius 3 is 3.00 bits per heavy atom. The van der Waals surface area contributed by atoms with Crippen molar-refractivity contribution in [3.63, 3.8) is 0 Å². The van der Waals surface area contributed by atoms with E-state index in [9.17, 15) is 8.42 Å². The first-order valence-corrected chi connectivity index (χ1v) is 8.21. The third-order valence-electron chi connectivity index (χ3n) is 2.62. The quantitative estimate of drug-likeness (QED) is 0.781. The summed E-state index contributed by atoms with van der Waals surface area (Å²) in [6, 6.07) is 3.08.